The molecule has 0 amide bonds. The van der Waals surface area contributed by atoms with Crippen molar-refractivity contribution in [2.24, 2.45) is 5.73 Å². The lowest BCUT2D eigenvalue weighted by Gasteiger charge is -2.16. The van der Waals surface area contributed by atoms with E-state index in [0.29, 0.717) is 16.6 Å². The number of halogens is 2. The normalized spacial score (nSPS) is 12.7. The highest BCUT2D eigenvalue weighted by molar-refractivity contribution is 6.42. The van der Waals surface area contributed by atoms with Gasteiger partial charge in [0.15, 0.2) is 0 Å². The maximum atomic E-state index is 6.32. The van der Waals surface area contributed by atoms with Crippen LogP contribution in [-0.2, 0) is 6.42 Å². The summed E-state index contributed by atoms with van der Waals surface area (Å²) in [6, 6.07) is 12.2. The molecule has 3 rings (SSSR count). The summed E-state index contributed by atoms with van der Waals surface area (Å²) >= 11 is 12.4. The minimum absolute atomic E-state index is 0.200. The summed E-state index contributed by atoms with van der Waals surface area (Å²) in [5.74, 6) is 0.200. The zero-order valence-electron chi connectivity index (χ0n) is 12.4. The summed E-state index contributed by atoms with van der Waals surface area (Å²) in [4.78, 5) is 3.33. The first-order valence-electron chi connectivity index (χ1n) is 7.30. The molecule has 0 aliphatic rings. The Morgan fingerprint density at radius 1 is 1.18 bits per heavy atom. The van der Waals surface area contributed by atoms with Crippen molar-refractivity contribution in [1.82, 2.24) is 4.98 Å². The Bertz CT molecular complexity index is 808. The summed E-state index contributed by atoms with van der Waals surface area (Å²) in [5.41, 5.74) is 10.7. The van der Waals surface area contributed by atoms with Crippen LogP contribution in [0.15, 0.2) is 42.6 Å². The van der Waals surface area contributed by atoms with Crippen LogP contribution in [0.25, 0.3) is 10.9 Å². The molecule has 1 aromatic heterocycles. The van der Waals surface area contributed by atoms with Crippen molar-refractivity contribution >= 4 is 34.1 Å². The smallest absolute Gasteiger partial charge is 0.0624 e. The first-order valence-corrected chi connectivity index (χ1v) is 8.06. The molecule has 22 heavy (non-hydrogen) atoms. The average Bonchev–Trinajstić information content (AvgIpc) is 2.92. The van der Waals surface area contributed by atoms with Crippen LogP contribution in [0.1, 0.15) is 22.6 Å². The SMILES string of the molecule is Cc1ccc2[nH]cc(C(CN)Cc3cccc(Cl)c3Cl)c2c1. The zero-order valence-corrected chi connectivity index (χ0v) is 13.9. The molecule has 3 N–H and O–H groups in total. The van der Waals surface area contributed by atoms with E-state index in [1.54, 1.807) is 6.07 Å². The Kier molecular flexibility index (Phi) is 4.44. The number of aromatic nitrogens is 1. The van der Waals surface area contributed by atoms with Gasteiger partial charge in [0.1, 0.15) is 0 Å². The maximum absolute atomic E-state index is 6.32. The fourth-order valence-electron chi connectivity index (χ4n) is 2.89. The second-order valence-corrected chi connectivity index (χ2v) is 6.43. The molecule has 0 saturated heterocycles. The number of nitrogens with one attached hydrogen (secondary N) is 1. The summed E-state index contributed by atoms with van der Waals surface area (Å²) in [5, 5.41) is 2.44. The minimum atomic E-state index is 0.200. The molecule has 0 fully saturated rings. The second kappa shape index (κ2) is 6.33. The molecule has 0 radical (unpaired) electrons. The van der Waals surface area contributed by atoms with Crippen LogP contribution in [0.4, 0.5) is 0 Å². The number of hydrogen-bond donors (Lipinski definition) is 2. The molecule has 2 aromatic carbocycles. The number of hydrogen-bond acceptors (Lipinski definition) is 1. The summed E-state index contributed by atoms with van der Waals surface area (Å²) in [7, 11) is 0. The van der Waals surface area contributed by atoms with Crippen molar-refractivity contribution in [3.05, 3.63) is 69.3 Å². The molecule has 3 aromatic rings. The number of aromatic amines is 1. The molecule has 114 valence electrons. The van der Waals surface area contributed by atoms with Crippen LogP contribution in [-0.4, -0.2) is 11.5 Å². The van der Waals surface area contributed by atoms with Gasteiger partial charge >= 0.3 is 0 Å². The Labute approximate surface area is 140 Å². The third-order valence-electron chi connectivity index (χ3n) is 4.09. The largest absolute Gasteiger partial charge is 0.361 e. The van der Waals surface area contributed by atoms with E-state index in [2.05, 4.69) is 36.3 Å². The molecule has 4 heteroatoms. The number of H-pyrrole nitrogens is 1. The number of benzene rings is 2. The molecule has 0 spiro atoms. The fourth-order valence-corrected chi connectivity index (χ4v) is 3.28. The van der Waals surface area contributed by atoms with Crippen molar-refractivity contribution in [3.8, 4) is 0 Å². The van der Waals surface area contributed by atoms with Crippen molar-refractivity contribution in [2.75, 3.05) is 6.54 Å². The first-order chi connectivity index (χ1) is 10.6. The van der Waals surface area contributed by atoms with Gasteiger partial charge in [-0.2, -0.15) is 0 Å². The van der Waals surface area contributed by atoms with Gasteiger partial charge in [-0.25, -0.2) is 0 Å². The van der Waals surface area contributed by atoms with E-state index in [4.69, 9.17) is 28.9 Å². The predicted molar refractivity (Wildman–Crippen MR) is 95.0 cm³/mol. The average molecular weight is 333 g/mol. The van der Waals surface area contributed by atoms with E-state index < -0.39 is 0 Å². The number of aryl methyl sites for hydroxylation is 1. The van der Waals surface area contributed by atoms with Crippen LogP contribution in [0.5, 0.6) is 0 Å². The standard InChI is InChI=1S/C18H18Cl2N2/c1-11-5-6-17-14(7-11)15(10-22-17)13(9-21)8-12-3-2-4-16(19)18(12)20/h2-7,10,13,22H,8-9,21H2,1H3. The zero-order chi connectivity index (χ0) is 15.7. The van der Waals surface area contributed by atoms with Crippen molar-refractivity contribution in [3.63, 3.8) is 0 Å². The molecule has 0 bridgehead atoms. The van der Waals surface area contributed by atoms with Crippen molar-refractivity contribution in [1.29, 1.82) is 0 Å². The number of nitrogens with two attached hydrogens (primary N) is 1. The van der Waals surface area contributed by atoms with Gasteiger partial charge in [0.25, 0.3) is 0 Å². The molecule has 0 saturated carbocycles. The molecule has 1 atom stereocenters. The molecule has 1 unspecified atom stereocenters. The third kappa shape index (κ3) is 2.87. The van der Waals surface area contributed by atoms with E-state index in [0.717, 1.165) is 17.5 Å². The minimum Gasteiger partial charge on any atom is -0.361 e. The van der Waals surface area contributed by atoms with Crippen molar-refractivity contribution < 1.29 is 0 Å². The van der Waals surface area contributed by atoms with Crippen LogP contribution >= 0.6 is 23.2 Å². The summed E-state index contributed by atoms with van der Waals surface area (Å²) in [6.07, 6.45) is 2.83. The maximum Gasteiger partial charge on any atom is 0.0624 e. The van der Waals surface area contributed by atoms with Gasteiger partial charge in [0, 0.05) is 23.0 Å². The highest BCUT2D eigenvalue weighted by atomic mass is 35.5. The third-order valence-corrected chi connectivity index (χ3v) is 4.95. The van der Waals surface area contributed by atoms with E-state index in [9.17, 15) is 0 Å². The Morgan fingerprint density at radius 2 is 2.00 bits per heavy atom. The molecular formula is C18H18Cl2N2. The molecular weight excluding hydrogens is 315 g/mol. The predicted octanol–water partition coefficient (Wildman–Crippen LogP) is 5.07. The van der Waals surface area contributed by atoms with Crippen LogP contribution in [0.3, 0.4) is 0 Å². The Balaban J connectivity index is 1.99. The van der Waals surface area contributed by atoms with Gasteiger partial charge in [-0.3, -0.25) is 0 Å². The van der Waals surface area contributed by atoms with E-state index in [-0.39, 0.29) is 5.92 Å². The summed E-state index contributed by atoms with van der Waals surface area (Å²) < 4.78 is 0. The van der Waals surface area contributed by atoms with Gasteiger partial charge < -0.3 is 10.7 Å². The summed E-state index contributed by atoms with van der Waals surface area (Å²) in [6.45, 7) is 2.66. The molecule has 2 nitrogen and oxygen atoms in total. The van der Waals surface area contributed by atoms with Gasteiger partial charge in [0.2, 0.25) is 0 Å². The highest BCUT2D eigenvalue weighted by Crippen LogP contribution is 2.32. The highest BCUT2D eigenvalue weighted by Gasteiger charge is 2.17. The lowest BCUT2D eigenvalue weighted by molar-refractivity contribution is 0.699. The molecule has 0 aliphatic heterocycles. The van der Waals surface area contributed by atoms with Crippen molar-refractivity contribution in [2.45, 2.75) is 19.3 Å². The van der Waals surface area contributed by atoms with Crippen LogP contribution in [0.2, 0.25) is 10.0 Å². The van der Waals surface area contributed by atoms with Crippen LogP contribution in [0, 0.1) is 6.92 Å². The molecule has 0 aliphatic carbocycles. The monoisotopic (exact) mass is 332 g/mol. The van der Waals surface area contributed by atoms with E-state index in [1.807, 2.05) is 12.1 Å². The lowest BCUT2D eigenvalue weighted by Crippen LogP contribution is -2.15. The second-order valence-electron chi connectivity index (χ2n) is 5.64. The van der Waals surface area contributed by atoms with E-state index in [1.165, 1.54) is 16.5 Å². The van der Waals surface area contributed by atoms with Crippen LogP contribution < -0.4 is 5.73 Å². The fraction of sp³-hybridized carbons (Fsp3) is 0.222. The number of rotatable bonds is 4. The lowest BCUT2D eigenvalue weighted by atomic mass is 9.91. The number of fused-ring (bicyclic) bond motifs is 1. The molecule has 1 heterocycles. The first kappa shape index (κ1) is 15.4. The van der Waals surface area contributed by atoms with Gasteiger partial charge in [0.05, 0.1) is 10.0 Å². The van der Waals surface area contributed by atoms with Gasteiger partial charge in [-0.05, 0) is 49.2 Å². The Morgan fingerprint density at radius 3 is 2.77 bits per heavy atom. The quantitative estimate of drug-likeness (QED) is 0.688. The topological polar surface area (TPSA) is 41.8 Å². The Hall–Kier alpha value is -1.48. The van der Waals surface area contributed by atoms with Gasteiger partial charge in [-0.1, -0.05) is 47.0 Å². The van der Waals surface area contributed by atoms with E-state index >= 15 is 0 Å². The van der Waals surface area contributed by atoms with Gasteiger partial charge in [-0.15, -0.1) is 0 Å².